The number of amides is 3. The van der Waals surface area contributed by atoms with Crippen LogP contribution in [0.4, 0.5) is 25.0 Å². The molecule has 0 aliphatic heterocycles. The fourth-order valence-corrected chi connectivity index (χ4v) is 2.92. The van der Waals surface area contributed by atoms with Crippen LogP contribution in [0, 0.1) is 12.7 Å². The topological polar surface area (TPSA) is 91.5 Å². The van der Waals surface area contributed by atoms with Gasteiger partial charge in [-0.1, -0.05) is 6.58 Å². The largest absolute Gasteiger partial charge is 0.484 e. The minimum Gasteiger partial charge on any atom is -0.484 e. The van der Waals surface area contributed by atoms with E-state index in [0.717, 1.165) is 0 Å². The standard InChI is InChI=1S/C24H30F2N4O3/c1-15-12-19(33-14-21(31)27-5)13-20(25)22(15)16(2)29-17-6-8-18(9-7-17)30-23(32)28-11-10-24(3,4)26/h6-9,12-13,29H,2,10-11,14H2,1,3-5H3,(H,27,31)(H2,28,30,32). The Morgan fingerprint density at radius 2 is 1.70 bits per heavy atom. The van der Waals surface area contributed by atoms with Gasteiger partial charge in [-0.25, -0.2) is 13.6 Å². The molecule has 33 heavy (non-hydrogen) atoms. The number of hydrogen-bond acceptors (Lipinski definition) is 4. The number of halogens is 2. The summed E-state index contributed by atoms with van der Waals surface area (Å²) in [5.41, 5.74) is 1.06. The Kier molecular flexibility index (Phi) is 8.78. The van der Waals surface area contributed by atoms with E-state index in [1.165, 1.54) is 27.0 Å². The molecule has 0 aliphatic carbocycles. The third-order valence-corrected chi connectivity index (χ3v) is 4.65. The highest BCUT2D eigenvalue weighted by atomic mass is 19.1. The predicted octanol–water partition coefficient (Wildman–Crippen LogP) is 4.60. The normalized spacial score (nSPS) is 10.8. The SMILES string of the molecule is C=C(Nc1ccc(NC(=O)NCCC(C)(C)F)cc1)c1c(C)cc(OCC(=O)NC)cc1F. The van der Waals surface area contributed by atoms with Crippen LogP contribution in [0.3, 0.4) is 0 Å². The third-order valence-electron chi connectivity index (χ3n) is 4.65. The number of benzene rings is 2. The quantitative estimate of drug-likeness (QED) is 0.417. The fraction of sp³-hybridized carbons (Fsp3) is 0.333. The van der Waals surface area contributed by atoms with Crippen molar-refractivity contribution in [1.82, 2.24) is 10.6 Å². The molecule has 0 bridgehead atoms. The second-order valence-corrected chi connectivity index (χ2v) is 8.09. The van der Waals surface area contributed by atoms with Gasteiger partial charge in [-0.05, 0) is 63.1 Å². The number of anilines is 2. The van der Waals surface area contributed by atoms with E-state index in [0.29, 0.717) is 28.2 Å². The number of aryl methyl sites for hydroxylation is 1. The summed E-state index contributed by atoms with van der Waals surface area (Å²) in [4.78, 5) is 23.2. The molecule has 0 atom stereocenters. The summed E-state index contributed by atoms with van der Waals surface area (Å²) in [6.45, 7) is 8.55. The Bertz CT molecular complexity index is 979. The molecular weight excluding hydrogens is 430 g/mol. The van der Waals surface area contributed by atoms with Crippen LogP contribution >= 0.6 is 0 Å². The smallest absolute Gasteiger partial charge is 0.319 e. The molecule has 0 heterocycles. The molecular formula is C24H30F2N4O3. The molecule has 0 radical (unpaired) electrons. The van der Waals surface area contributed by atoms with Crippen LogP contribution in [0.5, 0.6) is 5.75 Å². The molecule has 2 aromatic carbocycles. The van der Waals surface area contributed by atoms with E-state index >= 15 is 0 Å². The van der Waals surface area contributed by atoms with Crippen LogP contribution in [-0.2, 0) is 4.79 Å². The van der Waals surface area contributed by atoms with Gasteiger partial charge in [0.15, 0.2) is 6.61 Å². The van der Waals surface area contributed by atoms with Crippen LogP contribution in [0.15, 0.2) is 43.0 Å². The van der Waals surface area contributed by atoms with Gasteiger partial charge in [-0.2, -0.15) is 0 Å². The summed E-state index contributed by atoms with van der Waals surface area (Å²) in [5.74, 6) is -0.609. The van der Waals surface area contributed by atoms with E-state index in [1.807, 2.05) is 0 Å². The molecule has 0 saturated heterocycles. The van der Waals surface area contributed by atoms with Crippen LogP contribution in [0.2, 0.25) is 0 Å². The highest BCUT2D eigenvalue weighted by Gasteiger charge is 2.15. The van der Waals surface area contributed by atoms with Crippen LogP contribution in [0.1, 0.15) is 31.4 Å². The number of rotatable bonds is 10. The highest BCUT2D eigenvalue weighted by Crippen LogP contribution is 2.28. The first kappa shape index (κ1) is 25.6. The Morgan fingerprint density at radius 3 is 2.24 bits per heavy atom. The van der Waals surface area contributed by atoms with Gasteiger partial charge in [0, 0.05) is 42.3 Å². The number of ether oxygens (including phenoxy) is 1. The van der Waals surface area contributed by atoms with E-state index in [4.69, 9.17) is 4.74 Å². The van der Waals surface area contributed by atoms with Gasteiger partial charge in [0.1, 0.15) is 17.2 Å². The van der Waals surface area contributed by atoms with Crippen molar-refractivity contribution >= 4 is 29.0 Å². The van der Waals surface area contributed by atoms with Crippen molar-refractivity contribution in [2.45, 2.75) is 32.9 Å². The number of likely N-dealkylation sites (N-methyl/N-ethyl adjacent to an activating group) is 1. The fourth-order valence-electron chi connectivity index (χ4n) is 2.92. The maximum Gasteiger partial charge on any atom is 0.319 e. The van der Waals surface area contributed by atoms with Crippen molar-refractivity contribution in [3.8, 4) is 5.75 Å². The lowest BCUT2D eigenvalue weighted by molar-refractivity contribution is -0.122. The minimum absolute atomic E-state index is 0.208. The van der Waals surface area contributed by atoms with Crippen LogP contribution < -0.4 is 26.0 Å². The summed E-state index contributed by atoms with van der Waals surface area (Å²) in [6.07, 6.45) is 0.211. The van der Waals surface area contributed by atoms with Crippen molar-refractivity contribution < 1.29 is 23.1 Å². The maximum absolute atomic E-state index is 14.7. The van der Waals surface area contributed by atoms with Crippen molar-refractivity contribution in [2.24, 2.45) is 0 Å². The van der Waals surface area contributed by atoms with Crippen molar-refractivity contribution in [3.63, 3.8) is 0 Å². The van der Waals surface area contributed by atoms with E-state index in [9.17, 15) is 18.4 Å². The summed E-state index contributed by atoms with van der Waals surface area (Å²) in [6, 6.07) is 9.16. The first-order valence-corrected chi connectivity index (χ1v) is 10.4. The lowest BCUT2D eigenvalue weighted by Crippen LogP contribution is -2.32. The molecule has 0 spiro atoms. The highest BCUT2D eigenvalue weighted by molar-refractivity contribution is 5.89. The average Bonchev–Trinajstić information content (AvgIpc) is 2.72. The van der Waals surface area contributed by atoms with Gasteiger partial charge < -0.3 is 26.0 Å². The molecule has 9 heteroatoms. The van der Waals surface area contributed by atoms with Gasteiger partial charge in [0.05, 0.1) is 0 Å². The monoisotopic (exact) mass is 460 g/mol. The molecule has 3 amide bonds. The second kappa shape index (κ2) is 11.3. The van der Waals surface area contributed by atoms with E-state index < -0.39 is 17.5 Å². The molecule has 4 N–H and O–H groups in total. The van der Waals surface area contributed by atoms with Gasteiger partial charge in [0.2, 0.25) is 0 Å². The van der Waals surface area contributed by atoms with E-state index in [-0.39, 0.29) is 31.2 Å². The van der Waals surface area contributed by atoms with Crippen molar-refractivity contribution in [1.29, 1.82) is 0 Å². The summed E-state index contributed by atoms with van der Waals surface area (Å²) >= 11 is 0. The number of carbonyl (C=O) groups excluding carboxylic acids is 2. The van der Waals surface area contributed by atoms with E-state index in [2.05, 4.69) is 27.8 Å². The van der Waals surface area contributed by atoms with Crippen LogP contribution in [-0.4, -0.2) is 37.8 Å². The molecule has 0 aliphatic rings. The molecule has 0 fully saturated rings. The number of hydrogen-bond donors (Lipinski definition) is 4. The molecule has 0 saturated carbocycles. The summed E-state index contributed by atoms with van der Waals surface area (Å²) in [7, 11) is 1.49. The second-order valence-electron chi connectivity index (χ2n) is 8.09. The van der Waals surface area contributed by atoms with Gasteiger partial charge in [0.25, 0.3) is 5.91 Å². The summed E-state index contributed by atoms with van der Waals surface area (Å²) in [5, 5.41) is 10.7. The molecule has 2 rings (SSSR count). The third kappa shape index (κ3) is 8.44. The van der Waals surface area contributed by atoms with Gasteiger partial charge >= 0.3 is 6.03 Å². The molecule has 178 valence electrons. The van der Waals surface area contributed by atoms with E-state index in [1.54, 1.807) is 37.3 Å². The zero-order valence-corrected chi connectivity index (χ0v) is 19.3. The Morgan fingerprint density at radius 1 is 1.09 bits per heavy atom. The lowest BCUT2D eigenvalue weighted by Gasteiger charge is -2.16. The average molecular weight is 461 g/mol. The zero-order chi connectivity index (χ0) is 24.6. The molecule has 0 unspecified atom stereocenters. The molecule has 7 nitrogen and oxygen atoms in total. The minimum atomic E-state index is -1.35. The zero-order valence-electron chi connectivity index (χ0n) is 19.3. The first-order valence-electron chi connectivity index (χ1n) is 10.4. The lowest BCUT2D eigenvalue weighted by atomic mass is 10.0. The molecule has 0 aromatic heterocycles. The number of nitrogens with one attached hydrogen (secondary N) is 4. The predicted molar refractivity (Wildman–Crippen MR) is 127 cm³/mol. The summed E-state index contributed by atoms with van der Waals surface area (Å²) < 4.78 is 33.4. The number of alkyl halides is 1. The Balaban J connectivity index is 1.96. The van der Waals surface area contributed by atoms with Crippen molar-refractivity contribution in [2.75, 3.05) is 30.8 Å². The number of carbonyl (C=O) groups is 2. The Labute approximate surface area is 192 Å². The number of urea groups is 1. The maximum atomic E-state index is 14.7. The van der Waals surface area contributed by atoms with Gasteiger partial charge in [-0.15, -0.1) is 0 Å². The molecule has 2 aromatic rings. The van der Waals surface area contributed by atoms with Gasteiger partial charge in [-0.3, -0.25) is 4.79 Å². The Hall–Kier alpha value is -3.62. The first-order chi connectivity index (χ1) is 15.5. The van der Waals surface area contributed by atoms with Crippen LogP contribution in [0.25, 0.3) is 5.70 Å². The van der Waals surface area contributed by atoms with Crippen molar-refractivity contribution in [3.05, 3.63) is 59.9 Å².